The molecule has 1 aliphatic rings. The minimum absolute atomic E-state index is 0.00810. The van der Waals surface area contributed by atoms with Crippen molar-refractivity contribution in [1.29, 1.82) is 0 Å². The van der Waals surface area contributed by atoms with Crippen LogP contribution in [-0.4, -0.2) is 65.1 Å². The van der Waals surface area contributed by atoms with Gasteiger partial charge in [0.1, 0.15) is 0 Å². The molecular weight excluding hydrogens is 264 g/mol. The summed E-state index contributed by atoms with van der Waals surface area (Å²) in [5.41, 5.74) is 0.889. The zero-order valence-electron chi connectivity index (χ0n) is 13.7. The molecule has 2 rings (SSSR count). The Morgan fingerprint density at radius 2 is 2.19 bits per heavy atom. The van der Waals surface area contributed by atoms with Crippen molar-refractivity contribution in [2.24, 2.45) is 0 Å². The number of rotatable bonds is 5. The van der Waals surface area contributed by atoms with E-state index in [0.29, 0.717) is 12.5 Å². The fraction of sp³-hybridized carbons (Fsp3) is 0.750. The first-order chi connectivity index (χ1) is 10.0. The molecule has 0 spiro atoms. The van der Waals surface area contributed by atoms with E-state index in [1.54, 1.807) is 0 Å². The summed E-state index contributed by atoms with van der Waals surface area (Å²) in [6.07, 6.45) is 4.59. The number of Topliss-reactive ketones (excluding diaryl/α,β-unsaturated/α-hetero) is 1. The Morgan fingerprint density at radius 3 is 2.90 bits per heavy atom. The molecule has 5 nitrogen and oxygen atoms in total. The molecule has 2 unspecified atom stereocenters. The Bertz CT molecular complexity index is 471. The van der Waals surface area contributed by atoms with E-state index >= 15 is 0 Å². The van der Waals surface area contributed by atoms with Gasteiger partial charge in [-0.15, -0.1) is 0 Å². The zero-order valence-corrected chi connectivity index (χ0v) is 13.7. The number of carbonyl (C=O) groups excluding carboxylic acids is 1. The SMILES string of the molecule is CCC(C)n1ccc(CC(=O)C2CN(C)CCCN2C)n1. The minimum atomic E-state index is -0.00810. The van der Waals surface area contributed by atoms with E-state index in [-0.39, 0.29) is 11.8 Å². The average molecular weight is 292 g/mol. The largest absolute Gasteiger partial charge is 0.304 e. The van der Waals surface area contributed by atoms with Crippen molar-refractivity contribution in [1.82, 2.24) is 19.6 Å². The summed E-state index contributed by atoms with van der Waals surface area (Å²) in [7, 11) is 4.15. The molecule has 0 aromatic carbocycles. The van der Waals surface area contributed by atoms with Gasteiger partial charge < -0.3 is 4.90 Å². The van der Waals surface area contributed by atoms with Gasteiger partial charge in [-0.25, -0.2) is 0 Å². The van der Waals surface area contributed by atoms with Gasteiger partial charge in [-0.3, -0.25) is 14.4 Å². The van der Waals surface area contributed by atoms with Crippen LogP contribution in [0.15, 0.2) is 12.3 Å². The van der Waals surface area contributed by atoms with Gasteiger partial charge in [-0.1, -0.05) is 6.92 Å². The number of carbonyl (C=O) groups is 1. The Labute approximate surface area is 127 Å². The Balaban J connectivity index is 2.01. The number of likely N-dealkylation sites (N-methyl/N-ethyl adjacent to an activating group) is 2. The van der Waals surface area contributed by atoms with Crippen LogP contribution in [0.2, 0.25) is 0 Å². The van der Waals surface area contributed by atoms with Crippen LogP contribution >= 0.6 is 0 Å². The summed E-state index contributed by atoms with van der Waals surface area (Å²) in [5.74, 6) is 0.278. The van der Waals surface area contributed by atoms with Gasteiger partial charge in [0.05, 0.1) is 18.2 Å². The first kappa shape index (κ1) is 16.2. The van der Waals surface area contributed by atoms with Gasteiger partial charge in [0, 0.05) is 18.8 Å². The molecular formula is C16H28N4O. The van der Waals surface area contributed by atoms with Crippen LogP contribution in [0.25, 0.3) is 0 Å². The summed E-state index contributed by atoms with van der Waals surface area (Å²) in [6, 6.07) is 2.36. The fourth-order valence-electron chi connectivity index (χ4n) is 2.82. The standard InChI is InChI=1S/C16H28N4O/c1-5-13(2)20-10-7-14(17-20)11-16(21)15-12-18(3)8-6-9-19(15)4/h7,10,13,15H,5-6,8-9,11-12H2,1-4H3. The lowest BCUT2D eigenvalue weighted by molar-refractivity contribution is -0.123. The van der Waals surface area contributed by atoms with Crippen molar-refractivity contribution in [3.05, 3.63) is 18.0 Å². The van der Waals surface area contributed by atoms with Crippen molar-refractivity contribution < 1.29 is 4.79 Å². The molecule has 1 aromatic heterocycles. The van der Waals surface area contributed by atoms with E-state index in [9.17, 15) is 4.79 Å². The number of hydrogen-bond acceptors (Lipinski definition) is 4. The maximum atomic E-state index is 12.6. The molecule has 118 valence electrons. The molecule has 5 heteroatoms. The van der Waals surface area contributed by atoms with Gasteiger partial charge in [-0.05, 0) is 53.0 Å². The smallest absolute Gasteiger partial charge is 0.157 e. The van der Waals surface area contributed by atoms with E-state index in [2.05, 4.69) is 42.8 Å². The molecule has 0 radical (unpaired) electrons. The van der Waals surface area contributed by atoms with Crippen LogP contribution in [0.4, 0.5) is 0 Å². The predicted octanol–water partition coefficient (Wildman–Crippen LogP) is 1.60. The lowest BCUT2D eigenvalue weighted by Crippen LogP contribution is -2.44. The van der Waals surface area contributed by atoms with E-state index in [1.807, 2.05) is 16.9 Å². The highest BCUT2D eigenvalue weighted by molar-refractivity contribution is 5.86. The van der Waals surface area contributed by atoms with Gasteiger partial charge in [-0.2, -0.15) is 5.10 Å². The molecule has 1 aliphatic heterocycles. The van der Waals surface area contributed by atoms with Crippen LogP contribution in [0.5, 0.6) is 0 Å². The molecule has 1 saturated heterocycles. The molecule has 0 aliphatic carbocycles. The van der Waals surface area contributed by atoms with Gasteiger partial charge >= 0.3 is 0 Å². The topological polar surface area (TPSA) is 41.4 Å². The number of ketones is 1. The second kappa shape index (κ2) is 7.18. The monoisotopic (exact) mass is 292 g/mol. The van der Waals surface area contributed by atoms with Crippen LogP contribution in [0.3, 0.4) is 0 Å². The van der Waals surface area contributed by atoms with Gasteiger partial charge in [0.15, 0.2) is 5.78 Å². The van der Waals surface area contributed by atoms with E-state index in [4.69, 9.17) is 0 Å². The van der Waals surface area contributed by atoms with Crippen molar-refractivity contribution in [3.63, 3.8) is 0 Å². The number of nitrogens with zero attached hydrogens (tertiary/aromatic N) is 4. The molecule has 0 bridgehead atoms. The molecule has 0 amide bonds. The summed E-state index contributed by atoms with van der Waals surface area (Å²) < 4.78 is 1.96. The van der Waals surface area contributed by atoms with Crippen LogP contribution in [0.1, 0.15) is 38.4 Å². The van der Waals surface area contributed by atoms with Crippen molar-refractivity contribution in [2.75, 3.05) is 33.7 Å². The lowest BCUT2D eigenvalue weighted by Gasteiger charge is -2.25. The molecule has 1 fully saturated rings. The van der Waals surface area contributed by atoms with Crippen molar-refractivity contribution in [2.45, 2.75) is 45.2 Å². The zero-order chi connectivity index (χ0) is 15.4. The third-order valence-corrected chi connectivity index (χ3v) is 4.50. The first-order valence-electron chi connectivity index (χ1n) is 7.96. The van der Waals surface area contributed by atoms with Crippen molar-refractivity contribution >= 4 is 5.78 Å². The molecule has 2 atom stereocenters. The lowest BCUT2D eigenvalue weighted by atomic mass is 10.1. The third-order valence-electron chi connectivity index (χ3n) is 4.50. The maximum absolute atomic E-state index is 12.6. The molecule has 2 heterocycles. The second-order valence-corrected chi connectivity index (χ2v) is 6.30. The fourth-order valence-corrected chi connectivity index (χ4v) is 2.82. The Kier molecular flexibility index (Phi) is 5.53. The summed E-state index contributed by atoms with van der Waals surface area (Å²) in [4.78, 5) is 17.1. The van der Waals surface area contributed by atoms with E-state index in [1.165, 1.54) is 0 Å². The molecule has 0 saturated carbocycles. The highest BCUT2D eigenvalue weighted by atomic mass is 16.1. The van der Waals surface area contributed by atoms with E-state index in [0.717, 1.165) is 38.2 Å². The van der Waals surface area contributed by atoms with Gasteiger partial charge in [0.2, 0.25) is 0 Å². The minimum Gasteiger partial charge on any atom is -0.304 e. The van der Waals surface area contributed by atoms with Crippen LogP contribution in [-0.2, 0) is 11.2 Å². The quantitative estimate of drug-likeness (QED) is 0.826. The normalized spacial score (nSPS) is 23.0. The van der Waals surface area contributed by atoms with Crippen LogP contribution in [0, 0.1) is 0 Å². The molecule has 0 N–H and O–H groups in total. The average Bonchev–Trinajstić information content (AvgIpc) is 2.84. The van der Waals surface area contributed by atoms with Gasteiger partial charge in [0.25, 0.3) is 0 Å². The molecule has 21 heavy (non-hydrogen) atoms. The first-order valence-corrected chi connectivity index (χ1v) is 7.96. The number of aromatic nitrogens is 2. The highest BCUT2D eigenvalue weighted by Crippen LogP contribution is 2.13. The van der Waals surface area contributed by atoms with Crippen molar-refractivity contribution in [3.8, 4) is 0 Å². The Hall–Kier alpha value is -1.20. The second-order valence-electron chi connectivity index (χ2n) is 6.30. The predicted molar refractivity (Wildman–Crippen MR) is 84.5 cm³/mol. The maximum Gasteiger partial charge on any atom is 0.157 e. The summed E-state index contributed by atoms with van der Waals surface area (Å²) in [6.45, 7) is 7.17. The van der Waals surface area contributed by atoms with Crippen LogP contribution < -0.4 is 0 Å². The summed E-state index contributed by atoms with van der Waals surface area (Å²) >= 11 is 0. The third kappa shape index (κ3) is 4.14. The molecule has 1 aromatic rings. The summed E-state index contributed by atoms with van der Waals surface area (Å²) in [5, 5.41) is 4.55. The number of hydrogen-bond donors (Lipinski definition) is 0. The Morgan fingerprint density at radius 1 is 1.43 bits per heavy atom. The van der Waals surface area contributed by atoms with E-state index < -0.39 is 0 Å². The highest BCUT2D eigenvalue weighted by Gasteiger charge is 2.27.